The highest BCUT2D eigenvalue weighted by atomic mass is 16.6. The number of hydrogen-bond acceptors (Lipinski definition) is 22. The highest BCUT2D eigenvalue weighted by molar-refractivity contribution is 5.75. The van der Waals surface area contributed by atoms with Gasteiger partial charge in [-0.3, -0.25) is 43.2 Å². The summed E-state index contributed by atoms with van der Waals surface area (Å²) in [6.07, 6.45) is 10.3. The zero-order valence-electron chi connectivity index (χ0n) is 73.1. The lowest BCUT2D eigenvalue weighted by atomic mass is 9.43. The van der Waals surface area contributed by atoms with Crippen LogP contribution in [-0.2, 0) is 76.3 Å². The number of aliphatic hydroxyl groups is 6. The molecule has 12 aliphatic rings. The number of carboxylic acids is 2. The predicted octanol–water partition coefficient (Wildman–Crippen LogP) is 13.8. The van der Waals surface area contributed by atoms with Gasteiger partial charge in [-0.15, -0.1) is 0 Å². The Balaban J connectivity index is 0.600. The van der Waals surface area contributed by atoms with Crippen LogP contribution in [0.4, 0.5) is 0 Å². The average molecular weight is 1660 g/mol. The quantitative estimate of drug-likeness (QED) is 0.0229. The number of aliphatic carboxylic acids is 2. The van der Waals surface area contributed by atoms with Crippen molar-refractivity contribution < 1.29 is 117 Å². The molecule has 12 saturated carbocycles. The lowest BCUT2D eigenvalue weighted by Crippen LogP contribution is -2.62. The van der Waals surface area contributed by atoms with Crippen LogP contribution in [-0.4, -0.2) is 174 Å². The van der Waals surface area contributed by atoms with Crippen LogP contribution in [0.3, 0.4) is 0 Å². The van der Waals surface area contributed by atoms with Gasteiger partial charge in [0.2, 0.25) is 0 Å². The number of aliphatic hydroxyl groups excluding tert-OH is 6. The molecular formula is C94H148O24. The molecule has 0 aromatic rings. The number of rotatable bonds is 32. The third-order valence-electron chi connectivity index (χ3n) is 35.7. The van der Waals surface area contributed by atoms with Gasteiger partial charge in [-0.25, -0.2) is 0 Å². The van der Waals surface area contributed by atoms with Crippen LogP contribution < -0.4 is 0 Å². The van der Waals surface area contributed by atoms with E-state index in [0.717, 1.165) is 57.8 Å². The Morgan fingerprint density at radius 2 is 0.653 bits per heavy atom. The number of carbonyl (C=O) groups is 9. The van der Waals surface area contributed by atoms with E-state index >= 15 is 0 Å². The molecule has 0 bridgehead atoms. The van der Waals surface area contributed by atoms with Crippen molar-refractivity contribution in [2.45, 2.75) is 381 Å². The van der Waals surface area contributed by atoms with Gasteiger partial charge >= 0.3 is 53.7 Å². The lowest BCUT2D eigenvalue weighted by Gasteiger charge is -2.63. The second-order valence-corrected chi connectivity index (χ2v) is 42.9. The second kappa shape index (κ2) is 37.0. The molecule has 34 atom stereocenters. The molecule has 16 unspecified atom stereocenters. The third kappa shape index (κ3) is 19.0. The summed E-state index contributed by atoms with van der Waals surface area (Å²) in [4.78, 5) is 117. The summed E-state index contributed by atoms with van der Waals surface area (Å²) in [5.41, 5.74) is -2.39. The third-order valence-corrected chi connectivity index (χ3v) is 35.7. The molecule has 24 nitrogen and oxygen atoms in total. The van der Waals surface area contributed by atoms with Gasteiger partial charge in [-0.05, 0) is 333 Å². The topological polar surface area (TPSA) is 380 Å². The monoisotopic (exact) mass is 1660 g/mol. The number of fused-ring (bicyclic) bond motifs is 15. The Kier molecular flexibility index (Phi) is 28.9. The Morgan fingerprint density at radius 1 is 0.356 bits per heavy atom. The molecule has 0 heterocycles. The summed E-state index contributed by atoms with van der Waals surface area (Å²) in [5, 5.41) is 91.4. The summed E-state index contributed by atoms with van der Waals surface area (Å²) in [5.74, 6) is -3.74. The highest BCUT2D eigenvalue weighted by Gasteiger charge is 2.70. The molecular weight excluding hydrogens is 1510 g/mol. The molecule has 12 aliphatic carbocycles. The fourth-order valence-corrected chi connectivity index (χ4v) is 29.5. The van der Waals surface area contributed by atoms with Crippen molar-refractivity contribution in [2.24, 2.45) is 139 Å². The minimum atomic E-state index is -1.26. The largest absolute Gasteiger partial charge is 0.481 e. The summed E-state index contributed by atoms with van der Waals surface area (Å²) in [7, 11) is 0. The molecule has 668 valence electrons. The zero-order chi connectivity index (χ0) is 85.7. The molecule has 0 aliphatic heterocycles. The molecule has 12 rings (SSSR count). The lowest BCUT2D eigenvalue weighted by molar-refractivity contribution is -0.209. The van der Waals surface area contributed by atoms with E-state index in [1.54, 1.807) is 0 Å². The molecule has 0 aromatic heterocycles. The number of hydrogen-bond donors (Lipinski definition) is 8. The Morgan fingerprint density at radius 3 is 0.958 bits per heavy atom. The fourth-order valence-electron chi connectivity index (χ4n) is 29.5. The molecule has 118 heavy (non-hydrogen) atoms. The van der Waals surface area contributed by atoms with Gasteiger partial charge in [0, 0.05) is 57.8 Å². The molecule has 0 spiro atoms. The number of ether oxygens (including phenoxy) is 7. The smallest absolute Gasteiger partial charge is 0.306 e. The minimum absolute atomic E-state index is 0.00856. The van der Waals surface area contributed by atoms with Crippen LogP contribution in [0.2, 0.25) is 0 Å². The number of esters is 7. The van der Waals surface area contributed by atoms with Crippen molar-refractivity contribution in [1.82, 2.24) is 0 Å². The molecule has 8 N–H and O–H groups in total. The molecule has 0 amide bonds. The van der Waals surface area contributed by atoms with Gasteiger partial charge in [0.25, 0.3) is 0 Å². The Hall–Kier alpha value is -5.01. The van der Waals surface area contributed by atoms with Gasteiger partial charge in [0.1, 0.15) is 37.1 Å². The Labute approximate surface area is 700 Å². The summed E-state index contributed by atoms with van der Waals surface area (Å²) in [6.45, 7) is 24.4. The van der Waals surface area contributed by atoms with E-state index in [1.807, 2.05) is 20.8 Å². The van der Waals surface area contributed by atoms with E-state index in [-0.39, 0.29) is 199 Å². The fraction of sp³-hybridized carbons (Fsp3) is 0.904. The van der Waals surface area contributed by atoms with Crippen molar-refractivity contribution in [3.8, 4) is 0 Å². The SMILES string of the molecule is C[C@H](CCC(=O)O)C1CCC2C3C(C[C@H](O)[C@@]21C)[C@@]1(C)CC[C@@H](OC(=O)CCCC(=O)OCC(COC(=O)CCCC(=O)O[C@H]2CC[C@]4(C)C(C2)C[C@H](O)C2C4C[C@@H](O)[C@]4(C)C2CCC4[C@@H](C)CCC(=O)O)OC(=O)CCCC(=O)O[C@@H]2CC[C@@]4(C)C(C2)C[C@@H](O)C2C4C[C@H](O)[C@@]4(C)C2CCC4[C@H](C)CCC(=O)OC(C)(C)C)CC1C[C@H]3O. The minimum Gasteiger partial charge on any atom is -0.481 e. The molecule has 0 radical (unpaired) electrons. The van der Waals surface area contributed by atoms with E-state index in [9.17, 15) is 84.0 Å². The standard InChI is InChI=1S/C94H148O24/c1-51(22-31-76(101)102)61-25-28-64-85-67(46-73(98)92(61,64)10)89(7)37-34-57(40-54(89)43-70(85)95)114-80(107)18-13-16-78(105)112-49-60(50-113-79(106)17-14-19-81(108)115-58-35-38-90(8)55(41-58)44-71(96)86-65-29-26-62(52(2)23-32-77(103)104)93(65,11)74(99)47-68(86)90)117-83(110)21-15-20-82(109)116-59-36-39-91(9)56(42-59)45-72(97)87-66-30-27-63(94(66,12)75(100)48-69(87)91)53(3)24-33-84(111)118-88(4,5)6/h51-75,85-87,95-100H,13-50H2,1-12H3,(H,101,102)(H,103,104)/t51-,52+,53-,54?,55?,56?,57-,58+,59-,60?,61?,62?,63?,64?,65?,66?,67?,68?,69?,70-,71+,72-,73+,74-,75+,85?,86?,87?,89+,90-,91+,92-,93+,94-/m1/s1. The van der Waals surface area contributed by atoms with E-state index in [2.05, 4.69) is 62.3 Å². The van der Waals surface area contributed by atoms with Crippen LogP contribution in [0.25, 0.3) is 0 Å². The maximum Gasteiger partial charge on any atom is 0.306 e. The highest BCUT2D eigenvalue weighted by Crippen LogP contribution is 2.73. The first kappa shape index (κ1) is 92.2. The number of carbonyl (C=O) groups excluding carboxylic acids is 7. The van der Waals surface area contributed by atoms with Crippen LogP contribution in [0.5, 0.6) is 0 Å². The maximum atomic E-state index is 13.7. The van der Waals surface area contributed by atoms with Crippen LogP contribution in [0, 0.1) is 139 Å². The van der Waals surface area contributed by atoms with Crippen molar-refractivity contribution in [3.63, 3.8) is 0 Å². The van der Waals surface area contributed by atoms with Crippen LogP contribution >= 0.6 is 0 Å². The van der Waals surface area contributed by atoms with Crippen molar-refractivity contribution in [3.05, 3.63) is 0 Å². The summed E-state index contributed by atoms with van der Waals surface area (Å²) in [6, 6.07) is 0. The van der Waals surface area contributed by atoms with E-state index in [1.165, 1.54) is 0 Å². The van der Waals surface area contributed by atoms with Gasteiger partial charge in [0.05, 0.1) is 36.6 Å². The maximum absolute atomic E-state index is 13.7. The number of carboxylic acid groups (broad SMARTS) is 2. The molecule has 12 fully saturated rings. The van der Waals surface area contributed by atoms with E-state index < -0.39 is 144 Å². The normalized spacial score (nSPS) is 42.5. The van der Waals surface area contributed by atoms with E-state index in [0.29, 0.717) is 103 Å². The van der Waals surface area contributed by atoms with E-state index in [4.69, 9.17) is 33.2 Å². The first-order valence-electron chi connectivity index (χ1n) is 46.4. The summed E-state index contributed by atoms with van der Waals surface area (Å²) < 4.78 is 40.9. The average Bonchev–Trinajstić information content (AvgIpc) is 1.43. The predicted molar refractivity (Wildman–Crippen MR) is 433 cm³/mol. The van der Waals surface area contributed by atoms with Crippen molar-refractivity contribution >= 4 is 53.7 Å². The van der Waals surface area contributed by atoms with Gasteiger partial charge < -0.3 is 74.0 Å². The van der Waals surface area contributed by atoms with Gasteiger partial charge in [-0.1, -0.05) is 62.3 Å². The van der Waals surface area contributed by atoms with Gasteiger partial charge in [-0.2, -0.15) is 0 Å². The zero-order valence-corrected chi connectivity index (χ0v) is 73.1. The Bertz CT molecular complexity index is 3410. The van der Waals surface area contributed by atoms with Gasteiger partial charge in [0.15, 0.2) is 6.10 Å². The first-order valence-corrected chi connectivity index (χ1v) is 46.4. The summed E-state index contributed by atoms with van der Waals surface area (Å²) >= 11 is 0. The second-order valence-electron chi connectivity index (χ2n) is 42.9. The molecule has 0 saturated heterocycles. The van der Waals surface area contributed by atoms with Crippen molar-refractivity contribution in [2.75, 3.05) is 13.2 Å². The molecule has 24 heteroatoms. The first-order chi connectivity index (χ1) is 55.5. The molecule has 0 aromatic carbocycles. The van der Waals surface area contributed by atoms with Crippen LogP contribution in [0.15, 0.2) is 0 Å². The van der Waals surface area contributed by atoms with Crippen molar-refractivity contribution in [1.29, 1.82) is 0 Å². The van der Waals surface area contributed by atoms with Crippen LogP contribution in [0.1, 0.15) is 314 Å².